The van der Waals surface area contributed by atoms with Crippen LogP contribution in [-0.4, -0.2) is 52.5 Å². The van der Waals surface area contributed by atoms with Crippen molar-refractivity contribution in [3.8, 4) is 0 Å². The third-order valence-electron chi connectivity index (χ3n) is 3.67. The molecule has 0 spiro atoms. The maximum atomic E-state index is 12.7. The van der Waals surface area contributed by atoms with Crippen molar-refractivity contribution in [3.05, 3.63) is 35.9 Å². The minimum Gasteiger partial charge on any atom is -0.480 e. The Bertz CT molecular complexity index is 601. The Labute approximate surface area is 162 Å². The molecule has 1 aromatic rings. The van der Waals surface area contributed by atoms with Gasteiger partial charge in [-0.15, -0.1) is 0 Å². The molecule has 0 aliphatic carbocycles. The molecule has 1 amide bonds. The van der Waals surface area contributed by atoms with Gasteiger partial charge in [0.1, 0.15) is 5.60 Å². The quantitative estimate of drug-likeness (QED) is 0.735. The van der Waals surface area contributed by atoms with Gasteiger partial charge >= 0.3 is 12.1 Å². The number of carbonyl (C=O) groups is 2. The molecular formula is C21H33NO5. The van der Waals surface area contributed by atoms with Gasteiger partial charge in [-0.2, -0.15) is 0 Å². The number of aliphatic carboxylic acids is 1. The van der Waals surface area contributed by atoms with E-state index in [0.29, 0.717) is 6.42 Å². The number of aryl methyl sites for hydroxylation is 1. The molecule has 0 bridgehead atoms. The zero-order chi connectivity index (χ0) is 20.7. The lowest BCUT2D eigenvalue weighted by atomic mass is 10.1. The summed E-state index contributed by atoms with van der Waals surface area (Å²) in [5.41, 5.74) is -0.0699. The Kier molecular flexibility index (Phi) is 8.28. The molecule has 152 valence electrons. The van der Waals surface area contributed by atoms with Gasteiger partial charge in [-0.1, -0.05) is 30.3 Å². The van der Waals surface area contributed by atoms with Crippen LogP contribution >= 0.6 is 0 Å². The fraction of sp³-hybridized carbons (Fsp3) is 0.619. The second kappa shape index (κ2) is 9.74. The molecule has 1 N–H and O–H groups in total. The number of rotatable bonds is 8. The highest BCUT2D eigenvalue weighted by atomic mass is 16.6. The van der Waals surface area contributed by atoms with Crippen LogP contribution in [0.25, 0.3) is 0 Å². The lowest BCUT2D eigenvalue weighted by Crippen LogP contribution is -2.50. The molecule has 0 heterocycles. The highest BCUT2D eigenvalue weighted by Crippen LogP contribution is 2.16. The summed E-state index contributed by atoms with van der Waals surface area (Å²) in [4.78, 5) is 25.8. The van der Waals surface area contributed by atoms with Crippen LogP contribution in [0.15, 0.2) is 30.3 Å². The van der Waals surface area contributed by atoms with Crippen molar-refractivity contribution in [2.45, 2.75) is 71.6 Å². The van der Waals surface area contributed by atoms with Crippen LogP contribution in [0.4, 0.5) is 4.79 Å². The minimum absolute atomic E-state index is 0.0938. The lowest BCUT2D eigenvalue weighted by molar-refractivity contribution is -0.148. The fourth-order valence-electron chi connectivity index (χ4n) is 2.42. The Morgan fingerprint density at radius 1 is 1.04 bits per heavy atom. The molecule has 1 aromatic carbocycles. The van der Waals surface area contributed by atoms with Crippen LogP contribution in [0.1, 0.15) is 53.5 Å². The van der Waals surface area contributed by atoms with Crippen molar-refractivity contribution >= 4 is 12.1 Å². The van der Waals surface area contributed by atoms with E-state index in [2.05, 4.69) is 0 Å². The van der Waals surface area contributed by atoms with Gasteiger partial charge in [-0.25, -0.2) is 9.59 Å². The number of hydrogen-bond donors (Lipinski definition) is 1. The molecule has 6 heteroatoms. The maximum Gasteiger partial charge on any atom is 0.411 e. The number of benzene rings is 1. The zero-order valence-corrected chi connectivity index (χ0v) is 17.3. The first-order chi connectivity index (χ1) is 12.4. The van der Waals surface area contributed by atoms with E-state index in [4.69, 9.17) is 9.47 Å². The molecule has 1 unspecified atom stereocenters. The number of ether oxygens (including phenoxy) is 2. The van der Waals surface area contributed by atoms with E-state index in [1.165, 1.54) is 4.90 Å². The first-order valence-electron chi connectivity index (χ1n) is 9.29. The highest BCUT2D eigenvalue weighted by Gasteiger charge is 2.34. The van der Waals surface area contributed by atoms with Crippen molar-refractivity contribution in [3.63, 3.8) is 0 Å². The van der Waals surface area contributed by atoms with E-state index in [1.54, 1.807) is 20.8 Å². The van der Waals surface area contributed by atoms with E-state index >= 15 is 0 Å². The Morgan fingerprint density at radius 3 is 2.11 bits per heavy atom. The Morgan fingerprint density at radius 2 is 1.63 bits per heavy atom. The molecule has 6 nitrogen and oxygen atoms in total. The lowest BCUT2D eigenvalue weighted by Gasteiger charge is -2.33. The van der Waals surface area contributed by atoms with Gasteiger partial charge in [-0.05, 0) is 59.9 Å². The van der Waals surface area contributed by atoms with Gasteiger partial charge in [0.15, 0.2) is 6.04 Å². The van der Waals surface area contributed by atoms with Crippen molar-refractivity contribution in [1.82, 2.24) is 4.90 Å². The van der Waals surface area contributed by atoms with Crippen LogP contribution < -0.4 is 0 Å². The molecule has 0 saturated carbocycles. The van der Waals surface area contributed by atoms with Crippen LogP contribution in [0.3, 0.4) is 0 Å². The molecule has 1 atom stereocenters. The summed E-state index contributed by atoms with van der Waals surface area (Å²) in [5, 5.41) is 9.67. The number of carboxylic acid groups (broad SMARTS) is 1. The smallest absolute Gasteiger partial charge is 0.411 e. The molecule has 0 aromatic heterocycles. The first-order valence-corrected chi connectivity index (χ1v) is 9.29. The third-order valence-corrected chi connectivity index (χ3v) is 3.67. The molecule has 0 radical (unpaired) electrons. The van der Waals surface area contributed by atoms with Crippen LogP contribution in [-0.2, 0) is 20.7 Å². The molecule has 0 fully saturated rings. The van der Waals surface area contributed by atoms with Crippen LogP contribution in [0.5, 0.6) is 0 Å². The molecule has 0 aliphatic heterocycles. The van der Waals surface area contributed by atoms with Crippen LogP contribution in [0, 0.1) is 0 Å². The SMILES string of the molecule is CC(C)(C)OCC(C(=O)O)N(CCCc1ccccc1)C(=O)OC(C)(C)C. The van der Waals surface area contributed by atoms with Crippen molar-refractivity contribution < 1.29 is 24.2 Å². The van der Waals surface area contributed by atoms with Gasteiger partial charge in [-0.3, -0.25) is 4.90 Å². The van der Waals surface area contributed by atoms with E-state index in [1.807, 2.05) is 51.1 Å². The maximum absolute atomic E-state index is 12.7. The zero-order valence-electron chi connectivity index (χ0n) is 17.3. The highest BCUT2D eigenvalue weighted by molar-refractivity contribution is 5.80. The summed E-state index contributed by atoms with van der Waals surface area (Å²) >= 11 is 0. The predicted octanol–water partition coefficient (Wildman–Crippen LogP) is 4.12. The molecular weight excluding hydrogens is 346 g/mol. The summed E-state index contributed by atoms with van der Waals surface area (Å²) in [6, 6.07) is 8.77. The Balaban J connectivity index is 2.89. The largest absolute Gasteiger partial charge is 0.480 e. The number of nitrogens with zero attached hydrogens (tertiary/aromatic N) is 1. The van der Waals surface area contributed by atoms with Gasteiger partial charge < -0.3 is 14.6 Å². The van der Waals surface area contributed by atoms with Gasteiger partial charge in [0.25, 0.3) is 0 Å². The molecule has 0 saturated heterocycles. The molecule has 27 heavy (non-hydrogen) atoms. The van der Waals surface area contributed by atoms with Crippen molar-refractivity contribution in [1.29, 1.82) is 0 Å². The minimum atomic E-state index is -1.11. The summed E-state index contributed by atoms with van der Waals surface area (Å²) in [7, 11) is 0. The van der Waals surface area contributed by atoms with E-state index in [-0.39, 0.29) is 13.2 Å². The topological polar surface area (TPSA) is 76.1 Å². The Hall–Kier alpha value is -2.08. The number of carboxylic acids is 1. The summed E-state index contributed by atoms with van der Waals surface area (Å²) in [6.45, 7) is 11.0. The van der Waals surface area contributed by atoms with E-state index < -0.39 is 29.3 Å². The average molecular weight is 379 g/mol. The average Bonchev–Trinajstić information content (AvgIpc) is 2.51. The second-order valence-corrected chi connectivity index (χ2v) is 8.54. The van der Waals surface area contributed by atoms with Gasteiger partial charge in [0.05, 0.1) is 12.2 Å². The fourth-order valence-corrected chi connectivity index (χ4v) is 2.42. The number of hydrogen-bond acceptors (Lipinski definition) is 4. The summed E-state index contributed by atoms with van der Waals surface area (Å²) < 4.78 is 11.1. The summed E-state index contributed by atoms with van der Waals surface area (Å²) in [6.07, 6.45) is 0.732. The predicted molar refractivity (Wildman–Crippen MR) is 105 cm³/mol. The molecule has 0 aliphatic rings. The standard InChI is InChI=1S/C21H33NO5/c1-20(2,3)26-15-17(18(23)24)22(19(25)27-21(4,5)6)14-10-13-16-11-8-7-9-12-16/h7-9,11-12,17H,10,13-15H2,1-6H3,(H,23,24). The second-order valence-electron chi connectivity index (χ2n) is 8.54. The van der Waals surface area contributed by atoms with Gasteiger partial charge in [0.2, 0.25) is 0 Å². The summed E-state index contributed by atoms with van der Waals surface area (Å²) in [5.74, 6) is -1.11. The molecule has 1 rings (SSSR count). The van der Waals surface area contributed by atoms with Crippen molar-refractivity contribution in [2.75, 3.05) is 13.2 Å². The van der Waals surface area contributed by atoms with Gasteiger partial charge in [0, 0.05) is 6.54 Å². The van der Waals surface area contributed by atoms with E-state index in [0.717, 1.165) is 12.0 Å². The number of amides is 1. The van der Waals surface area contributed by atoms with E-state index in [9.17, 15) is 14.7 Å². The monoisotopic (exact) mass is 379 g/mol. The van der Waals surface area contributed by atoms with Crippen molar-refractivity contribution in [2.24, 2.45) is 0 Å². The third kappa shape index (κ3) is 9.43. The first kappa shape index (κ1) is 23.0. The number of carbonyl (C=O) groups excluding carboxylic acids is 1. The normalized spacial score (nSPS) is 13.1. The van der Waals surface area contributed by atoms with Crippen LogP contribution in [0.2, 0.25) is 0 Å².